The second-order valence-electron chi connectivity index (χ2n) is 5.02. The van der Waals surface area contributed by atoms with Gasteiger partial charge in [-0.2, -0.15) is 0 Å². The summed E-state index contributed by atoms with van der Waals surface area (Å²) < 4.78 is 16.3. The van der Waals surface area contributed by atoms with Gasteiger partial charge in [-0.25, -0.2) is 4.79 Å². The Morgan fingerprint density at radius 2 is 1.84 bits per heavy atom. The molecule has 0 N–H and O–H groups in total. The first-order valence-corrected chi connectivity index (χ1v) is 8.17. The fourth-order valence-electron chi connectivity index (χ4n) is 2.09. The number of aldehydes is 1. The molecule has 130 valence electrons. The highest BCUT2D eigenvalue weighted by Gasteiger charge is 2.12. The third kappa shape index (κ3) is 5.19. The number of halogens is 1. The molecule has 0 amide bonds. The maximum atomic E-state index is 12.0. The molecule has 0 saturated heterocycles. The van der Waals surface area contributed by atoms with Crippen LogP contribution in [0.4, 0.5) is 0 Å². The van der Waals surface area contributed by atoms with Crippen LogP contribution in [0.2, 0.25) is 0 Å². The summed E-state index contributed by atoms with van der Waals surface area (Å²) in [4.78, 5) is 23.1. The van der Waals surface area contributed by atoms with Crippen molar-refractivity contribution < 1.29 is 23.8 Å². The summed E-state index contributed by atoms with van der Waals surface area (Å²) in [7, 11) is 2.89. The second-order valence-corrected chi connectivity index (χ2v) is 5.94. The van der Waals surface area contributed by atoms with Gasteiger partial charge >= 0.3 is 5.97 Å². The quantitative estimate of drug-likeness (QED) is 0.397. The van der Waals surface area contributed by atoms with E-state index in [9.17, 15) is 9.59 Å². The number of ether oxygens (including phenoxy) is 3. The van der Waals surface area contributed by atoms with E-state index in [1.807, 2.05) is 12.1 Å². The standard InChI is InChI=1S/C19H17BrO5/c1-23-17-6-3-13(4-7-17)9-15(19(22)24-2)12-25-18-8-5-16(20)10-14(18)11-21/h3-11H,12H2,1-2H3/b15-9-. The fourth-order valence-corrected chi connectivity index (χ4v) is 2.47. The first-order valence-electron chi connectivity index (χ1n) is 7.38. The van der Waals surface area contributed by atoms with Crippen LogP contribution in [0.5, 0.6) is 11.5 Å². The zero-order valence-corrected chi connectivity index (χ0v) is 15.4. The smallest absolute Gasteiger partial charge is 0.337 e. The topological polar surface area (TPSA) is 61.8 Å². The molecule has 0 saturated carbocycles. The Morgan fingerprint density at radius 3 is 2.44 bits per heavy atom. The van der Waals surface area contributed by atoms with Crippen molar-refractivity contribution >= 4 is 34.3 Å². The van der Waals surface area contributed by atoms with E-state index in [4.69, 9.17) is 14.2 Å². The number of rotatable bonds is 7. The molecule has 25 heavy (non-hydrogen) atoms. The summed E-state index contributed by atoms with van der Waals surface area (Å²) in [5, 5.41) is 0. The monoisotopic (exact) mass is 404 g/mol. The van der Waals surface area contributed by atoms with Crippen molar-refractivity contribution in [2.75, 3.05) is 20.8 Å². The molecule has 0 aromatic heterocycles. The van der Waals surface area contributed by atoms with E-state index in [0.717, 1.165) is 15.8 Å². The highest BCUT2D eigenvalue weighted by molar-refractivity contribution is 9.10. The first kappa shape index (κ1) is 18.7. The van der Waals surface area contributed by atoms with Gasteiger partial charge in [-0.15, -0.1) is 0 Å². The van der Waals surface area contributed by atoms with Gasteiger partial charge in [-0.05, 0) is 42.0 Å². The van der Waals surface area contributed by atoms with Gasteiger partial charge in [0.2, 0.25) is 0 Å². The van der Waals surface area contributed by atoms with Crippen LogP contribution in [0.1, 0.15) is 15.9 Å². The molecule has 0 aliphatic rings. The van der Waals surface area contributed by atoms with E-state index < -0.39 is 5.97 Å². The van der Waals surface area contributed by atoms with Gasteiger partial charge in [0, 0.05) is 4.47 Å². The normalized spacial score (nSPS) is 10.9. The fraction of sp³-hybridized carbons (Fsp3) is 0.158. The van der Waals surface area contributed by atoms with E-state index in [2.05, 4.69) is 15.9 Å². The molecule has 2 rings (SSSR count). The molecule has 2 aromatic carbocycles. The summed E-state index contributed by atoms with van der Waals surface area (Å²) >= 11 is 3.30. The Labute approximate surface area is 154 Å². The van der Waals surface area contributed by atoms with Gasteiger partial charge in [-0.3, -0.25) is 4.79 Å². The number of carbonyl (C=O) groups excluding carboxylic acids is 2. The predicted molar refractivity (Wildman–Crippen MR) is 98.0 cm³/mol. The number of esters is 1. The molecule has 0 atom stereocenters. The summed E-state index contributed by atoms with van der Waals surface area (Å²) in [5.41, 5.74) is 1.52. The third-order valence-corrected chi connectivity index (χ3v) is 3.88. The van der Waals surface area contributed by atoms with Crippen LogP contribution in [0.15, 0.2) is 52.5 Å². The van der Waals surface area contributed by atoms with Crippen molar-refractivity contribution in [2.24, 2.45) is 0 Å². The highest BCUT2D eigenvalue weighted by Crippen LogP contribution is 2.23. The van der Waals surface area contributed by atoms with Gasteiger partial charge in [0.15, 0.2) is 6.29 Å². The molecule has 0 spiro atoms. The molecule has 0 unspecified atom stereocenters. The lowest BCUT2D eigenvalue weighted by Gasteiger charge is -2.11. The maximum absolute atomic E-state index is 12.0. The lowest BCUT2D eigenvalue weighted by atomic mass is 10.1. The van der Waals surface area contributed by atoms with Crippen LogP contribution < -0.4 is 9.47 Å². The molecule has 0 heterocycles. The Hall–Kier alpha value is -2.60. The average Bonchev–Trinajstić information content (AvgIpc) is 2.65. The van der Waals surface area contributed by atoms with Crippen LogP contribution >= 0.6 is 15.9 Å². The van der Waals surface area contributed by atoms with Crippen molar-refractivity contribution in [3.8, 4) is 11.5 Å². The molecule has 5 nitrogen and oxygen atoms in total. The minimum Gasteiger partial charge on any atom is -0.497 e. The summed E-state index contributed by atoms with van der Waals surface area (Å²) in [6.45, 7) is -0.0266. The number of carbonyl (C=O) groups is 2. The second kappa shape index (κ2) is 9.03. The van der Waals surface area contributed by atoms with Crippen LogP contribution in [-0.4, -0.2) is 33.1 Å². The Kier molecular flexibility index (Phi) is 6.77. The van der Waals surface area contributed by atoms with Crippen molar-refractivity contribution in [1.82, 2.24) is 0 Å². The summed E-state index contributed by atoms with van der Waals surface area (Å²) in [6.07, 6.45) is 2.37. The zero-order valence-electron chi connectivity index (χ0n) is 13.8. The van der Waals surface area contributed by atoms with Gasteiger partial charge in [0.25, 0.3) is 0 Å². The van der Waals surface area contributed by atoms with Gasteiger partial charge in [0.1, 0.15) is 18.1 Å². The van der Waals surface area contributed by atoms with E-state index >= 15 is 0 Å². The van der Waals surface area contributed by atoms with Crippen LogP contribution in [0, 0.1) is 0 Å². The molecular formula is C19H17BrO5. The van der Waals surface area contributed by atoms with Crippen molar-refractivity contribution in [3.63, 3.8) is 0 Å². The lowest BCUT2D eigenvalue weighted by molar-refractivity contribution is -0.136. The van der Waals surface area contributed by atoms with Crippen LogP contribution in [-0.2, 0) is 9.53 Å². The van der Waals surface area contributed by atoms with Crippen molar-refractivity contribution in [1.29, 1.82) is 0 Å². The SMILES string of the molecule is COC(=O)/C(=C\c1ccc(OC)cc1)COc1ccc(Br)cc1C=O. The molecule has 6 heteroatoms. The molecule has 0 aliphatic heterocycles. The summed E-state index contributed by atoms with van der Waals surface area (Å²) in [6, 6.07) is 12.3. The van der Waals surface area contributed by atoms with Crippen LogP contribution in [0.3, 0.4) is 0 Å². The van der Waals surface area contributed by atoms with Crippen molar-refractivity contribution in [3.05, 3.63) is 63.6 Å². The van der Waals surface area contributed by atoms with E-state index in [0.29, 0.717) is 23.2 Å². The van der Waals surface area contributed by atoms with Gasteiger partial charge in [-0.1, -0.05) is 28.1 Å². The van der Waals surface area contributed by atoms with E-state index in [1.165, 1.54) is 7.11 Å². The third-order valence-electron chi connectivity index (χ3n) is 3.39. The number of hydrogen-bond donors (Lipinski definition) is 0. The molecule has 0 aliphatic carbocycles. The molecule has 0 fully saturated rings. The number of methoxy groups -OCH3 is 2. The van der Waals surface area contributed by atoms with E-state index in [-0.39, 0.29) is 6.61 Å². The van der Waals surface area contributed by atoms with Gasteiger partial charge in [0.05, 0.1) is 25.4 Å². The minimum atomic E-state index is -0.499. The largest absolute Gasteiger partial charge is 0.497 e. The minimum absolute atomic E-state index is 0.0266. The average molecular weight is 405 g/mol. The Balaban J connectivity index is 2.22. The zero-order chi connectivity index (χ0) is 18.2. The Bertz CT molecular complexity index is 781. The number of benzene rings is 2. The molecular weight excluding hydrogens is 388 g/mol. The van der Waals surface area contributed by atoms with Crippen molar-refractivity contribution in [2.45, 2.75) is 0 Å². The highest BCUT2D eigenvalue weighted by atomic mass is 79.9. The predicted octanol–water partition coefficient (Wildman–Crippen LogP) is 3.91. The summed E-state index contributed by atoms with van der Waals surface area (Å²) in [5.74, 6) is 0.613. The van der Waals surface area contributed by atoms with Crippen LogP contribution in [0.25, 0.3) is 6.08 Å². The van der Waals surface area contributed by atoms with E-state index in [1.54, 1.807) is 43.5 Å². The molecule has 2 aromatic rings. The lowest BCUT2D eigenvalue weighted by Crippen LogP contribution is -2.13. The molecule has 0 radical (unpaired) electrons. The number of hydrogen-bond acceptors (Lipinski definition) is 5. The first-order chi connectivity index (χ1) is 12.1. The van der Waals surface area contributed by atoms with Gasteiger partial charge < -0.3 is 14.2 Å². The molecule has 0 bridgehead atoms. The maximum Gasteiger partial charge on any atom is 0.337 e. The Morgan fingerprint density at radius 1 is 1.12 bits per heavy atom.